The van der Waals surface area contributed by atoms with Crippen LogP contribution in [0.3, 0.4) is 0 Å². The first kappa shape index (κ1) is 20.6. The van der Waals surface area contributed by atoms with Crippen molar-refractivity contribution in [2.75, 3.05) is 39.3 Å². The number of halogens is 1. The van der Waals surface area contributed by atoms with Crippen LogP contribution in [0.5, 0.6) is 5.75 Å². The number of aliphatic hydroxyl groups is 1. The number of aliphatic hydroxyl groups excluding tert-OH is 1. The molecule has 1 amide bonds. The van der Waals surface area contributed by atoms with Crippen LogP contribution in [-0.2, 0) is 6.42 Å². The van der Waals surface area contributed by atoms with Crippen molar-refractivity contribution in [2.45, 2.75) is 19.4 Å². The zero-order chi connectivity index (χ0) is 19.9. The summed E-state index contributed by atoms with van der Waals surface area (Å²) in [6.45, 7) is 5.68. The number of benzene rings is 2. The Morgan fingerprint density at radius 2 is 1.71 bits per heavy atom. The van der Waals surface area contributed by atoms with Gasteiger partial charge in [0, 0.05) is 43.3 Å². The molecule has 1 N–H and O–H groups in total. The van der Waals surface area contributed by atoms with Gasteiger partial charge in [0.15, 0.2) is 0 Å². The SMILES string of the molecule is CCc1ccc(OCC(O)CN2CCN(C(=O)c3ccc(Cl)cc3)CC2)cc1. The Labute approximate surface area is 171 Å². The number of rotatable bonds is 7. The highest BCUT2D eigenvalue weighted by Crippen LogP contribution is 2.15. The maximum absolute atomic E-state index is 12.5. The molecule has 1 unspecified atom stereocenters. The predicted octanol–water partition coefficient (Wildman–Crippen LogP) is 3.10. The van der Waals surface area contributed by atoms with Crippen LogP contribution >= 0.6 is 11.6 Å². The molecule has 0 radical (unpaired) electrons. The molecular formula is C22H27ClN2O3. The Balaban J connectivity index is 1.40. The van der Waals surface area contributed by atoms with E-state index in [9.17, 15) is 9.90 Å². The average Bonchev–Trinajstić information content (AvgIpc) is 2.73. The van der Waals surface area contributed by atoms with Crippen LogP contribution < -0.4 is 4.74 Å². The van der Waals surface area contributed by atoms with Gasteiger partial charge >= 0.3 is 0 Å². The molecule has 150 valence electrons. The first-order valence-electron chi connectivity index (χ1n) is 9.72. The summed E-state index contributed by atoms with van der Waals surface area (Å²) in [5, 5.41) is 10.9. The molecule has 6 heteroatoms. The van der Waals surface area contributed by atoms with Crippen molar-refractivity contribution in [3.63, 3.8) is 0 Å². The average molecular weight is 403 g/mol. The Morgan fingerprint density at radius 1 is 1.07 bits per heavy atom. The van der Waals surface area contributed by atoms with E-state index in [2.05, 4.69) is 11.8 Å². The number of β-amino-alcohol motifs (C(OH)–C–C–N with tert-alkyl or cyclic N) is 1. The minimum Gasteiger partial charge on any atom is -0.491 e. The summed E-state index contributed by atoms with van der Waals surface area (Å²) < 4.78 is 5.68. The monoisotopic (exact) mass is 402 g/mol. The molecule has 2 aromatic carbocycles. The third-order valence-electron chi connectivity index (χ3n) is 4.99. The highest BCUT2D eigenvalue weighted by Gasteiger charge is 2.23. The lowest BCUT2D eigenvalue weighted by molar-refractivity contribution is 0.0403. The van der Waals surface area contributed by atoms with E-state index in [-0.39, 0.29) is 12.5 Å². The second-order valence-electron chi connectivity index (χ2n) is 7.06. The fourth-order valence-electron chi connectivity index (χ4n) is 3.27. The molecular weight excluding hydrogens is 376 g/mol. The number of amides is 1. The van der Waals surface area contributed by atoms with Gasteiger partial charge in [0.1, 0.15) is 18.5 Å². The minimum absolute atomic E-state index is 0.0238. The summed E-state index contributed by atoms with van der Waals surface area (Å²) in [6.07, 6.45) is 0.430. The predicted molar refractivity (Wildman–Crippen MR) is 111 cm³/mol. The van der Waals surface area contributed by atoms with Crippen molar-refractivity contribution in [1.29, 1.82) is 0 Å². The smallest absolute Gasteiger partial charge is 0.253 e. The summed E-state index contributed by atoms with van der Waals surface area (Å²) in [4.78, 5) is 16.6. The van der Waals surface area contributed by atoms with Gasteiger partial charge in [0.25, 0.3) is 5.91 Å². The van der Waals surface area contributed by atoms with Gasteiger partial charge in [-0.2, -0.15) is 0 Å². The van der Waals surface area contributed by atoms with E-state index in [1.165, 1.54) is 5.56 Å². The molecule has 1 fully saturated rings. The van der Waals surface area contributed by atoms with Crippen molar-refractivity contribution in [3.8, 4) is 5.75 Å². The number of aryl methyl sites for hydroxylation is 1. The van der Waals surface area contributed by atoms with Gasteiger partial charge in [-0.1, -0.05) is 30.7 Å². The summed E-state index contributed by atoms with van der Waals surface area (Å²) >= 11 is 5.88. The Morgan fingerprint density at radius 3 is 2.32 bits per heavy atom. The maximum Gasteiger partial charge on any atom is 0.253 e. The van der Waals surface area contributed by atoms with E-state index < -0.39 is 6.10 Å². The lowest BCUT2D eigenvalue weighted by atomic mass is 10.1. The molecule has 0 bridgehead atoms. The Bertz CT molecular complexity index is 756. The molecule has 1 aliphatic heterocycles. The highest BCUT2D eigenvalue weighted by molar-refractivity contribution is 6.30. The molecule has 28 heavy (non-hydrogen) atoms. The van der Waals surface area contributed by atoms with Crippen molar-refractivity contribution in [2.24, 2.45) is 0 Å². The molecule has 3 rings (SSSR count). The van der Waals surface area contributed by atoms with E-state index in [1.54, 1.807) is 24.3 Å². The maximum atomic E-state index is 12.5. The molecule has 0 aromatic heterocycles. The zero-order valence-corrected chi connectivity index (χ0v) is 16.9. The number of carbonyl (C=O) groups is 1. The van der Waals surface area contributed by atoms with E-state index in [1.807, 2.05) is 29.2 Å². The Hall–Kier alpha value is -2.08. The van der Waals surface area contributed by atoms with Crippen LogP contribution in [0.15, 0.2) is 48.5 Å². The second-order valence-corrected chi connectivity index (χ2v) is 7.50. The van der Waals surface area contributed by atoms with Crippen LogP contribution in [-0.4, -0.2) is 66.2 Å². The van der Waals surface area contributed by atoms with Gasteiger partial charge in [-0.05, 0) is 48.4 Å². The molecule has 1 aliphatic rings. The standard InChI is InChI=1S/C22H27ClN2O3/c1-2-17-3-9-21(10-4-17)28-16-20(26)15-24-11-13-25(14-12-24)22(27)18-5-7-19(23)8-6-18/h3-10,20,26H,2,11-16H2,1H3. The quantitative estimate of drug-likeness (QED) is 0.773. The topological polar surface area (TPSA) is 53.0 Å². The van der Waals surface area contributed by atoms with E-state index in [0.717, 1.165) is 25.3 Å². The highest BCUT2D eigenvalue weighted by atomic mass is 35.5. The lowest BCUT2D eigenvalue weighted by Gasteiger charge is -2.35. The molecule has 0 aliphatic carbocycles. The molecule has 5 nitrogen and oxygen atoms in total. The summed E-state index contributed by atoms with van der Waals surface area (Å²) in [6, 6.07) is 14.9. The first-order chi connectivity index (χ1) is 13.5. The van der Waals surface area contributed by atoms with Gasteiger partial charge in [-0.3, -0.25) is 9.69 Å². The van der Waals surface area contributed by atoms with Crippen LogP contribution in [0.1, 0.15) is 22.8 Å². The number of ether oxygens (including phenoxy) is 1. The first-order valence-corrected chi connectivity index (χ1v) is 10.1. The molecule has 1 atom stereocenters. The largest absolute Gasteiger partial charge is 0.491 e. The number of hydrogen-bond donors (Lipinski definition) is 1. The van der Waals surface area contributed by atoms with E-state index >= 15 is 0 Å². The lowest BCUT2D eigenvalue weighted by Crippen LogP contribution is -2.50. The molecule has 1 heterocycles. The molecule has 0 saturated carbocycles. The fraction of sp³-hybridized carbons (Fsp3) is 0.409. The Kier molecular flexibility index (Phi) is 7.31. The van der Waals surface area contributed by atoms with Gasteiger partial charge in [-0.25, -0.2) is 0 Å². The van der Waals surface area contributed by atoms with Gasteiger partial charge in [-0.15, -0.1) is 0 Å². The normalized spacial score (nSPS) is 16.0. The van der Waals surface area contributed by atoms with Crippen LogP contribution in [0, 0.1) is 0 Å². The number of piperazine rings is 1. The van der Waals surface area contributed by atoms with Gasteiger partial charge < -0.3 is 14.7 Å². The van der Waals surface area contributed by atoms with Gasteiger partial charge in [0.2, 0.25) is 0 Å². The molecule has 2 aromatic rings. The number of carbonyl (C=O) groups excluding carboxylic acids is 1. The summed E-state index contributed by atoms with van der Waals surface area (Å²) in [5.41, 5.74) is 1.92. The third kappa shape index (κ3) is 5.71. The minimum atomic E-state index is -0.565. The number of nitrogens with zero attached hydrogens (tertiary/aromatic N) is 2. The fourth-order valence-corrected chi connectivity index (χ4v) is 3.40. The van der Waals surface area contributed by atoms with E-state index in [0.29, 0.717) is 30.2 Å². The van der Waals surface area contributed by atoms with Crippen LogP contribution in [0.4, 0.5) is 0 Å². The van der Waals surface area contributed by atoms with Crippen LogP contribution in [0.25, 0.3) is 0 Å². The van der Waals surface area contributed by atoms with Gasteiger partial charge in [0.05, 0.1) is 0 Å². The van der Waals surface area contributed by atoms with Crippen molar-refractivity contribution >= 4 is 17.5 Å². The molecule has 0 spiro atoms. The van der Waals surface area contributed by atoms with Crippen molar-refractivity contribution < 1.29 is 14.6 Å². The van der Waals surface area contributed by atoms with Crippen molar-refractivity contribution in [1.82, 2.24) is 9.80 Å². The zero-order valence-electron chi connectivity index (χ0n) is 16.2. The second kappa shape index (κ2) is 9.92. The third-order valence-corrected chi connectivity index (χ3v) is 5.25. The summed E-state index contributed by atoms with van der Waals surface area (Å²) in [5.74, 6) is 0.797. The summed E-state index contributed by atoms with van der Waals surface area (Å²) in [7, 11) is 0. The molecule has 1 saturated heterocycles. The van der Waals surface area contributed by atoms with Crippen molar-refractivity contribution in [3.05, 3.63) is 64.7 Å². The van der Waals surface area contributed by atoms with E-state index in [4.69, 9.17) is 16.3 Å². The van der Waals surface area contributed by atoms with Crippen LogP contribution in [0.2, 0.25) is 5.02 Å². The number of hydrogen-bond acceptors (Lipinski definition) is 4.